The van der Waals surface area contributed by atoms with Crippen LogP contribution in [0.3, 0.4) is 0 Å². The first-order valence-corrected chi connectivity index (χ1v) is 9.00. The van der Waals surface area contributed by atoms with Gasteiger partial charge in [0.2, 0.25) is 5.90 Å². The lowest BCUT2D eigenvalue weighted by Gasteiger charge is -2.20. The Morgan fingerprint density at radius 1 is 1.41 bits per heavy atom. The molecule has 2 aliphatic rings. The monoisotopic (exact) mass is 369 g/mol. The fraction of sp³-hybridized carbons (Fsp3) is 0.400. The van der Waals surface area contributed by atoms with Crippen molar-refractivity contribution in [2.45, 2.75) is 45.9 Å². The first-order chi connectivity index (χ1) is 12.7. The van der Waals surface area contributed by atoms with Crippen LogP contribution in [0.5, 0.6) is 0 Å². The van der Waals surface area contributed by atoms with Crippen LogP contribution in [0.25, 0.3) is 0 Å². The third-order valence-corrected chi connectivity index (χ3v) is 4.81. The average molecular weight is 369 g/mol. The number of fused-ring (bicyclic) bond motifs is 1. The molecule has 1 aromatic carbocycles. The predicted molar refractivity (Wildman–Crippen MR) is 106 cm³/mol. The Labute approximate surface area is 159 Å². The molecule has 0 radical (unpaired) electrons. The highest BCUT2D eigenvalue weighted by Crippen LogP contribution is 2.28. The van der Waals surface area contributed by atoms with Gasteiger partial charge in [0.25, 0.3) is 0 Å². The van der Waals surface area contributed by atoms with Gasteiger partial charge in [-0.1, -0.05) is 24.3 Å². The zero-order valence-electron chi connectivity index (χ0n) is 16.2. The van der Waals surface area contributed by atoms with E-state index in [0.29, 0.717) is 36.1 Å². The molecule has 1 fully saturated rings. The van der Waals surface area contributed by atoms with Gasteiger partial charge in [-0.2, -0.15) is 0 Å². The summed E-state index contributed by atoms with van der Waals surface area (Å²) in [5.74, 6) is 1.33. The van der Waals surface area contributed by atoms with Crippen molar-refractivity contribution in [1.82, 2.24) is 10.6 Å². The molecule has 144 valence electrons. The normalized spacial score (nSPS) is 19.8. The quantitative estimate of drug-likeness (QED) is 0.543. The molecule has 3 rings (SSSR count). The first-order valence-electron chi connectivity index (χ1n) is 9.00. The summed E-state index contributed by atoms with van der Waals surface area (Å²) in [4.78, 5) is 4.47. The van der Waals surface area contributed by atoms with E-state index in [1.807, 2.05) is 38.1 Å². The van der Waals surface area contributed by atoms with E-state index in [9.17, 15) is 5.11 Å². The second kappa shape index (κ2) is 7.17. The smallest absolute Gasteiger partial charge is 0.221 e. The summed E-state index contributed by atoms with van der Waals surface area (Å²) >= 11 is 0. The maximum absolute atomic E-state index is 10.1. The Bertz CT molecular complexity index is 842. The molecule has 0 spiro atoms. The van der Waals surface area contributed by atoms with Crippen LogP contribution in [0, 0.1) is 5.41 Å². The van der Waals surface area contributed by atoms with E-state index in [1.165, 1.54) is 0 Å². The van der Waals surface area contributed by atoms with E-state index in [-0.39, 0.29) is 11.9 Å². The molecular formula is C20H27N5O2. The Balaban J connectivity index is 1.79. The maximum Gasteiger partial charge on any atom is 0.221 e. The molecule has 27 heavy (non-hydrogen) atoms. The number of hydrogen-bond donors (Lipinski definition) is 5. The van der Waals surface area contributed by atoms with Crippen molar-refractivity contribution in [3.8, 4) is 0 Å². The zero-order valence-corrected chi connectivity index (χ0v) is 16.2. The average Bonchev–Trinajstić information content (AvgIpc) is 2.95. The summed E-state index contributed by atoms with van der Waals surface area (Å²) in [5.41, 5.74) is 9.30. The number of ether oxygens (including phenoxy) is 1. The Morgan fingerprint density at radius 3 is 2.67 bits per heavy atom. The lowest BCUT2D eigenvalue weighted by Crippen LogP contribution is -2.33. The number of nitrogens with one attached hydrogen (secondary N) is 3. The van der Waals surface area contributed by atoms with Gasteiger partial charge in [-0.3, -0.25) is 10.4 Å². The third kappa shape index (κ3) is 3.89. The van der Waals surface area contributed by atoms with E-state index in [4.69, 9.17) is 15.9 Å². The van der Waals surface area contributed by atoms with Gasteiger partial charge in [0.05, 0.1) is 11.2 Å². The Morgan fingerprint density at radius 2 is 2.07 bits per heavy atom. The van der Waals surface area contributed by atoms with E-state index in [1.54, 1.807) is 13.8 Å². The highest BCUT2D eigenvalue weighted by atomic mass is 16.5. The van der Waals surface area contributed by atoms with Crippen LogP contribution in [-0.2, 0) is 16.9 Å². The number of allylic oxidation sites excluding steroid dienone is 1. The molecule has 0 aromatic heterocycles. The van der Waals surface area contributed by atoms with Crippen molar-refractivity contribution in [2.24, 2.45) is 10.7 Å². The minimum absolute atomic E-state index is 0.0797. The van der Waals surface area contributed by atoms with Crippen LogP contribution in [0.1, 0.15) is 38.8 Å². The van der Waals surface area contributed by atoms with Gasteiger partial charge in [0.1, 0.15) is 18.2 Å². The highest BCUT2D eigenvalue weighted by Gasteiger charge is 2.35. The van der Waals surface area contributed by atoms with Crippen molar-refractivity contribution >= 4 is 11.6 Å². The van der Waals surface area contributed by atoms with Crippen LogP contribution in [0.2, 0.25) is 0 Å². The van der Waals surface area contributed by atoms with Crippen LogP contribution < -0.4 is 16.4 Å². The molecule has 0 amide bonds. The van der Waals surface area contributed by atoms with Gasteiger partial charge >= 0.3 is 0 Å². The number of aliphatic imine (C=N–C) groups is 1. The molecule has 1 unspecified atom stereocenters. The molecule has 1 aromatic rings. The van der Waals surface area contributed by atoms with Crippen LogP contribution in [-0.4, -0.2) is 29.4 Å². The standard InChI is InChI=1S/C20H27N5O2/c1-11(12(2)21)15-16-17(27-18(15)22)19(25-10-24-16)23-9-13-5-7-14(8-6-13)20(3,4)26/h5-8,12,22-23,25-26H,9-10,21H2,1-4H3/b15-11-,22-18?. The van der Waals surface area contributed by atoms with Gasteiger partial charge in [-0.25, -0.2) is 0 Å². The number of hydrogen-bond acceptors (Lipinski definition) is 7. The summed E-state index contributed by atoms with van der Waals surface area (Å²) in [6.45, 7) is 8.30. The second-order valence-corrected chi connectivity index (χ2v) is 7.43. The maximum atomic E-state index is 10.1. The van der Waals surface area contributed by atoms with Crippen molar-refractivity contribution < 1.29 is 9.84 Å². The molecule has 0 aliphatic carbocycles. The van der Waals surface area contributed by atoms with E-state index < -0.39 is 5.60 Å². The molecule has 0 saturated carbocycles. The largest absolute Gasteiger partial charge is 0.433 e. The molecular weight excluding hydrogens is 342 g/mol. The summed E-state index contributed by atoms with van der Waals surface area (Å²) in [5, 5.41) is 24.7. The second-order valence-electron chi connectivity index (χ2n) is 7.43. The topological polar surface area (TPSA) is 116 Å². The van der Waals surface area contributed by atoms with Crippen molar-refractivity contribution in [1.29, 1.82) is 5.41 Å². The Hall–Kier alpha value is -2.64. The third-order valence-electron chi connectivity index (χ3n) is 4.81. The number of rotatable bonds is 5. The van der Waals surface area contributed by atoms with Gasteiger partial charge in [-0.05, 0) is 44.4 Å². The molecule has 0 bridgehead atoms. The van der Waals surface area contributed by atoms with Crippen molar-refractivity contribution in [3.63, 3.8) is 0 Å². The fourth-order valence-electron chi connectivity index (χ4n) is 2.98. The van der Waals surface area contributed by atoms with Gasteiger partial charge in [0.15, 0.2) is 5.76 Å². The number of benzene rings is 1. The van der Waals surface area contributed by atoms with Gasteiger partial charge in [-0.15, -0.1) is 0 Å². The van der Waals surface area contributed by atoms with E-state index in [2.05, 4.69) is 15.6 Å². The predicted octanol–water partition coefficient (Wildman–Crippen LogP) is 1.85. The molecule has 6 N–H and O–H groups in total. The lowest BCUT2D eigenvalue weighted by molar-refractivity contribution is 0.0786. The van der Waals surface area contributed by atoms with Crippen molar-refractivity contribution in [3.05, 3.63) is 58.1 Å². The molecule has 1 saturated heterocycles. The molecule has 7 heteroatoms. The molecule has 1 atom stereocenters. The van der Waals surface area contributed by atoms with Crippen molar-refractivity contribution in [2.75, 3.05) is 6.67 Å². The van der Waals surface area contributed by atoms with Crippen LogP contribution in [0.4, 0.5) is 0 Å². The first kappa shape index (κ1) is 19.1. The lowest BCUT2D eigenvalue weighted by atomic mass is 9.97. The van der Waals surface area contributed by atoms with E-state index >= 15 is 0 Å². The van der Waals surface area contributed by atoms with Gasteiger partial charge < -0.3 is 26.2 Å². The minimum atomic E-state index is -0.856. The molecule has 7 nitrogen and oxygen atoms in total. The zero-order chi connectivity index (χ0) is 19.8. The SMILES string of the molecule is C/C(=C1/C(=N)OC2=C(NCc3ccc(C(C)(C)O)cc3)NCN=C21)C(C)N. The summed E-state index contributed by atoms with van der Waals surface area (Å²) < 4.78 is 5.67. The summed E-state index contributed by atoms with van der Waals surface area (Å²) in [7, 11) is 0. The van der Waals surface area contributed by atoms with Gasteiger partial charge in [0, 0.05) is 12.6 Å². The van der Waals surface area contributed by atoms with Crippen LogP contribution in [0.15, 0.2) is 52.0 Å². The summed E-state index contributed by atoms with van der Waals surface area (Å²) in [6.07, 6.45) is 0. The van der Waals surface area contributed by atoms with E-state index in [0.717, 1.165) is 16.7 Å². The number of nitrogens with two attached hydrogens (primary N) is 1. The summed E-state index contributed by atoms with van der Waals surface area (Å²) in [6, 6.07) is 7.63. The number of nitrogens with zero attached hydrogens (tertiary/aromatic N) is 1. The Kier molecular flexibility index (Phi) is 5.08. The minimum Gasteiger partial charge on any atom is -0.433 e. The molecule has 2 aliphatic heterocycles. The number of aliphatic hydroxyl groups is 1. The molecule has 2 heterocycles. The van der Waals surface area contributed by atoms with Crippen LogP contribution >= 0.6 is 0 Å². The highest BCUT2D eigenvalue weighted by molar-refractivity contribution is 6.32. The fourth-order valence-corrected chi connectivity index (χ4v) is 2.98.